The van der Waals surface area contributed by atoms with Gasteiger partial charge in [-0.05, 0) is 12.1 Å². The van der Waals surface area contributed by atoms with Gasteiger partial charge in [-0.3, -0.25) is 0 Å². The summed E-state index contributed by atoms with van der Waals surface area (Å²) >= 11 is 0. The van der Waals surface area contributed by atoms with Crippen molar-refractivity contribution >= 4 is 12.0 Å². The number of allylic oxidation sites excluding steroid dienone is 2. The summed E-state index contributed by atoms with van der Waals surface area (Å²) in [6.07, 6.45) is 7.37. The van der Waals surface area contributed by atoms with Crippen LogP contribution in [0.5, 0.6) is 0 Å². The van der Waals surface area contributed by atoms with Crippen LogP contribution < -0.4 is 0 Å². The number of furan rings is 1. The Bertz CT molecular complexity index is 407. The Balaban J connectivity index is 2.71. The van der Waals surface area contributed by atoms with Crippen molar-refractivity contribution in [3.05, 3.63) is 41.9 Å². The lowest BCUT2D eigenvalue weighted by molar-refractivity contribution is -0.132. The first-order valence-electron chi connectivity index (χ1n) is 3.78. The van der Waals surface area contributed by atoms with Crippen molar-refractivity contribution in [2.45, 2.75) is 0 Å². The summed E-state index contributed by atoms with van der Waals surface area (Å²) in [5.41, 5.74) is 0.508. The lowest BCUT2D eigenvalue weighted by atomic mass is 10.2. The van der Waals surface area contributed by atoms with Crippen molar-refractivity contribution in [1.29, 1.82) is 5.26 Å². The fourth-order valence-electron chi connectivity index (χ4n) is 0.782. The summed E-state index contributed by atoms with van der Waals surface area (Å²) in [5.74, 6) is -1.23. The molecular weight excluding hydrogens is 182 g/mol. The Labute approximate surface area is 80.4 Å². The SMILES string of the molecule is N#CC(=CC=Cc1ccoc1)C(=O)O. The lowest BCUT2D eigenvalue weighted by Crippen LogP contribution is -1.96. The number of hydrogen-bond donors (Lipinski definition) is 1. The Morgan fingerprint density at radius 1 is 1.64 bits per heavy atom. The minimum atomic E-state index is -1.23. The molecular formula is C10H7NO3. The van der Waals surface area contributed by atoms with E-state index < -0.39 is 5.97 Å². The van der Waals surface area contributed by atoms with Gasteiger partial charge in [0, 0.05) is 5.56 Å². The molecule has 4 heteroatoms. The van der Waals surface area contributed by atoms with Crippen LogP contribution in [0, 0.1) is 11.3 Å². The molecule has 0 aromatic carbocycles. The van der Waals surface area contributed by atoms with Crippen molar-refractivity contribution in [3.63, 3.8) is 0 Å². The van der Waals surface area contributed by atoms with Crippen LogP contribution in [0.3, 0.4) is 0 Å². The summed E-state index contributed by atoms with van der Waals surface area (Å²) in [6.45, 7) is 0. The second kappa shape index (κ2) is 4.67. The molecule has 0 radical (unpaired) electrons. The van der Waals surface area contributed by atoms with Gasteiger partial charge in [-0.2, -0.15) is 5.26 Å². The Kier molecular flexibility index (Phi) is 3.27. The summed E-state index contributed by atoms with van der Waals surface area (Å²) in [5, 5.41) is 16.9. The monoisotopic (exact) mass is 189 g/mol. The van der Waals surface area contributed by atoms with E-state index in [1.54, 1.807) is 18.2 Å². The van der Waals surface area contributed by atoms with Gasteiger partial charge < -0.3 is 9.52 Å². The van der Waals surface area contributed by atoms with E-state index in [-0.39, 0.29) is 5.57 Å². The molecule has 0 aliphatic rings. The van der Waals surface area contributed by atoms with Gasteiger partial charge in [-0.25, -0.2) is 4.79 Å². The van der Waals surface area contributed by atoms with E-state index in [1.165, 1.54) is 24.7 Å². The van der Waals surface area contributed by atoms with E-state index in [0.29, 0.717) is 0 Å². The first-order chi connectivity index (χ1) is 6.74. The van der Waals surface area contributed by atoms with Gasteiger partial charge in [0.25, 0.3) is 0 Å². The third kappa shape index (κ3) is 2.64. The predicted octanol–water partition coefficient (Wildman–Crippen LogP) is 1.83. The van der Waals surface area contributed by atoms with Crippen LogP contribution in [0.15, 0.2) is 40.7 Å². The molecule has 0 saturated heterocycles. The van der Waals surface area contributed by atoms with Gasteiger partial charge >= 0.3 is 5.97 Å². The van der Waals surface area contributed by atoms with Gasteiger partial charge in [0.15, 0.2) is 0 Å². The van der Waals surface area contributed by atoms with Gasteiger partial charge in [0.2, 0.25) is 0 Å². The second-order valence-electron chi connectivity index (χ2n) is 2.41. The number of nitrogens with zero attached hydrogens (tertiary/aromatic N) is 1. The molecule has 0 fully saturated rings. The molecule has 1 aromatic rings. The molecule has 0 atom stereocenters. The average Bonchev–Trinajstić information content (AvgIpc) is 2.64. The maximum atomic E-state index is 10.4. The van der Waals surface area contributed by atoms with E-state index in [2.05, 4.69) is 0 Å². The topological polar surface area (TPSA) is 74.2 Å². The van der Waals surface area contributed by atoms with Crippen molar-refractivity contribution in [3.8, 4) is 6.07 Å². The zero-order valence-corrected chi connectivity index (χ0v) is 7.18. The molecule has 0 spiro atoms. The highest BCUT2D eigenvalue weighted by molar-refractivity contribution is 5.91. The van der Waals surface area contributed by atoms with E-state index in [1.807, 2.05) is 0 Å². The molecule has 0 amide bonds. The fraction of sp³-hybridized carbons (Fsp3) is 0. The fourth-order valence-corrected chi connectivity index (χ4v) is 0.782. The van der Waals surface area contributed by atoms with Gasteiger partial charge in [-0.15, -0.1) is 0 Å². The van der Waals surface area contributed by atoms with Crippen molar-refractivity contribution in [1.82, 2.24) is 0 Å². The molecule has 0 bridgehead atoms. The highest BCUT2D eigenvalue weighted by Gasteiger charge is 2.02. The van der Waals surface area contributed by atoms with Crippen LogP contribution in [0.4, 0.5) is 0 Å². The molecule has 4 nitrogen and oxygen atoms in total. The number of hydrogen-bond acceptors (Lipinski definition) is 3. The highest BCUT2D eigenvalue weighted by Crippen LogP contribution is 2.03. The molecule has 1 aromatic heterocycles. The maximum Gasteiger partial charge on any atom is 0.346 e. The smallest absolute Gasteiger partial charge is 0.346 e. The van der Waals surface area contributed by atoms with Crippen LogP contribution in [0.1, 0.15) is 5.56 Å². The number of carboxylic acid groups (broad SMARTS) is 1. The molecule has 0 aliphatic carbocycles. The van der Waals surface area contributed by atoms with E-state index in [9.17, 15) is 4.79 Å². The third-order valence-electron chi connectivity index (χ3n) is 1.45. The van der Waals surface area contributed by atoms with Crippen LogP contribution in [-0.2, 0) is 4.79 Å². The summed E-state index contributed by atoms with van der Waals surface area (Å²) in [4.78, 5) is 10.4. The normalized spacial score (nSPS) is 11.5. The van der Waals surface area contributed by atoms with Gasteiger partial charge in [0.05, 0.1) is 12.5 Å². The van der Waals surface area contributed by atoms with E-state index >= 15 is 0 Å². The number of carbonyl (C=O) groups is 1. The van der Waals surface area contributed by atoms with Crippen LogP contribution in [0.25, 0.3) is 6.08 Å². The molecule has 0 unspecified atom stereocenters. The van der Waals surface area contributed by atoms with Crippen molar-refractivity contribution < 1.29 is 14.3 Å². The molecule has 0 saturated carbocycles. The summed E-state index contributed by atoms with van der Waals surface area (Å²) < 4.78 is 4.79. The van der Waals surface area contributed by atoms with Crippen molar-refractivity contribution in [2.24, 2.45) is 0 Å². The average molecular weight is 189 g/mol. The Morgan fingerprint density at radius 2 is 2.43 bits per heavy atom. The molecule has 1 rings (SSSR count). The van der Waals surface area contributed by atoms with Crippen LogP contribution in [0.2, 0.25) is 0 Å². The van der Waals surface area contributed by atoms with E-state index in [4.69, 9.17) is 14.8 Å². The number of aliphatic carboxylic acids is 1. The van der Waals surface area contributed by atoms with Crippen molar-refractivity contribution in [2.75, 3.05) is 0 Å². The maximum absolute atomic E-state index is 10.4. The third-order valence-corrected chi connectivity index (χ3v) is 1.45. The van der Waals surface area contributed by atoms with Gasteiger partial charge in [0.1, 0.15) is 11.6 Å². The molecule has 70 valence electrons. The van der Waals surface area contributed by atoms with Gasteiger partial charge in [-0.1, -0.05) is 12.2 Å². The first-order valence-corrected chi connectivity index (χ1v) is 3.78. The minimum Gasteiger partial charge on any atom is -0.477 e. The molecule has 14 heavy (non-hydrogen) atoms. The largest absolute Gasteiger partial charge is 0.477 e. The number of nitriles is 1. The molecule has 1 N–H and O–H groups in total. The lowest BCUT2D eigenvalue weighted by Gasteiger charge is -1.84. The second-order valence-corrected chi connectivity index (χ2v) is 2.41. The zero-order valence-electron chi connectivity index (χ0n) is 7.18. The molecule has 1 heterocycles. The number of carboxylic acids is 1. The standard InChI is InChI=1S/C10H7NO3/c11-6-9(10(12)13)3-1-2-8-4-5-14-7-8/h1-5,7H,(H,12,13). The van der Waals surface area contributed by atoms with E-state index in [0.717, 1.165) is 5.56 Å². The predicted molar refractivity (Wildman–Crippen MR) is 49.1 cm³/mol. The number of rotatable bonds is 3. The minimum absolute atomic E-state index is 0.301. The zero-order chi connectivity index (χ0) is 10.4. The quantitative estimate of drug-likeness (QED) is 0.447. The summed E-state index contributed by atoms with van der Waals surface area (Å²) in [6, 6.07) is 3.29. The van der Waals surface area contributed by atoms with Crippen LogP contribution >= 0.6 is 0 Å². The highest BCUT2D eigenvalue weighted by atomic mass is 16.4. The summed E-state index contributed by atoms with van der Waals surface area (Å²) in [7, 11) is 0. The van der Waals surface area contributed by atoms with Crippen LogP contribution in [-0.4, -0.2) is 11.1 Å². The Hall–Kier alpha value is -2.28. The molecule has 0 aliphatic heterocycles. The first kappa shape index (κ1) is 9.81. The Morgan fingerprint density at radius 3 is 2.93 bits per heavy atom.